The topological polar surface area (TPSA) is 120 Å². The van der Waals surface area contributed by atoms with E-state index in [1.807, 2.05) is 0 Å². The van der Waals surface area contributed by atoms with Gasteiger partial charge in [0.05, 0.1) is 13.2 Å². The molecule has 0 aliphatic carbocycles. The van der Waals surface area contributed by atoms with Crippen molar-refractivity contribution in [2.75, 3.05) is 33.4 Å². The summed E-state index contributed by atoms with van der Waals surface area (Å²) in [6, 6.07) is 0. The fraction of sp³-hybridized carbons (Fsp3) is 0.792. The number of ether oxygens (including phenoxy) is 2. The zero-order valence-corrected chi connectivity index (χ0v) is 38.4. The first-order valence-electron chi connectivity index (χ1n) is 23.6. The maximum atomic E-state index is 12.7. The van der Waals surface area contributed by atoms with E-state index in [9.17, 15) is 19.0 Å². The van der Waals surface area contributed by atoms with Crippen molar-refractivity contribution in [2.45, 2.75) is 213 Å². The predicted octanol–water partition coefficient (Wildman–Crippen LogP) is 13.8. The number of esters is 2. The Hall–Kier alpha value is -2.03. The van der Waals surface area contributed by atoms with Gasteiger partial charge in [-0.05, 0) is 77.7 Å². The van der Waals surface area contributed by atoms with Gasteiger partial charge in [-0.2, -0.15) is 0 Å². The second-order valence-corrected chi connectivity index (χ2v) is 17.0. The Morgan fingerprint density at radius 1 is 0.534 bits per heavy atom. The lowest BCUT2D eigenvalue weighted by Gasteiger charge is -2.20. The van der Waals surface area contributed by atoms with E-state index in [1.165, 1.54) is 122 Å². The second kappa shape index (κ2) is 44.5. The van der Waals surface area contributed by atoms with Crippen molar-refractivity contribution in [2.24, 2.45) is 0 Å². The van der Waals surface area contributed by atoms with E-state index in [4.69, 9.17) is 18.5 Å². The summed E-state index contributed by atoms with van der Waals surface area (Å²) >= 11 is 0. The van der Waals surface area contributed by atoms with E-state index in [0.29, 0.717) is 19.4 Å². The molecule has 0 aliphatic heterocycles. The molecule has 0 aromatic carbocycles. The minimum absolute atomic E-state index is 0.0256. The minimum atomic E-state index is -4.36. The molecule has 0 amide bonds. The number of phosphoric ester groups is 1. The standard InChI is InChI=1S/C48H88NO8P/c1-4-6-8-10-12-14-16-18-20-22-23-25-27-29-31-33-35-37-39-41-48(51)57-46(45-56-58(52,53)55-43-42-49-3)44-54-47(50)40-38-36-34-32-30-28-26-24-21-19-17-15-13-11-9-7-5-2/h18-21,26,28,32,34,46,49H,4-17,22-25,27,29-31,33,35-45H2,1-3H3,(H,52,53)/b20-18-,21-19-,28-26-,34-32-. The average Bonchev–Trinajstić information content (AvgIpc) is 3.21. The first-order valence-corrected chi connectivity index (χ1v) is 25.1. The third-order valence-electron chi connectivity index (χ3n) is 9.92. The van der Waals surface area contributed by atoms with Crippen molar-refractivity contribution in [3.8, 4) is 0 Å². The number of allylic oxidation sites excluding steroid dienone is 8. The highest BCUT2D eigenvalue weighted by molar-refractivity contribution is 7.47. The Morgan fingerprint density at radius 2 is 0.948 bits per heavy atom. The van der Waals surface area contributed by atoms with Gasteiger partial charge in [-0.3, -0.25) is 18.6 Å². The van der Waals surface area contributed by atoms with Crippen LogP contribution in [0.5, 0.6) is 0 Å². The summed E-state index contributed by atoms with van der Waals surface area (Å²) < 4.78 is 33.2. The monoisotopic (exact) mass is 838 g/mol. The van der Waals surface area contributed by atoms with Gasteiger partial charge in [0.2, 0.25) is 0 Å². The van der Waals surface area contributed by atoms with Gasteiger partial charge in [0.1, 0.15) is 6.61 Å². The molecule has 9 nitrogen and oxygen atoms in total. The smallest absolute Gasteiger partial charge is 0.462 e. The van der Waals surface area contributed by atoms with Crippen molar-refractivity contribution in [1.29, 1.82) is 0 Å². The van der Waals surface area contributed by atoms with Crippen LogP contribution >= 0.6 is 7.82 Å². The zero-order chi connectivity index (χ0) is 42.5. The fourth-order valence-electron chi connectivity index (χ4n) is 6.33. The number of nitrogens with one attached hydrogen (secondary N) is 1. The van der Waals surface area contributed by atoms with E-state index in [2.05, 4.69) is 67.8 Å². The highest BCUT2D eigenvalue weighted by Gasteiger charge is 2.26. The van der Waals surface area contributed by atoms with Crippen LogP contribution in [0.25, 0.3) is 0 Å². The molecular formula is C48H88NO8P. The lowest BCUT2D eigenvalue weighted by molar-refractivity contribution is -0.161. The molecule has 0 bridgehead atoms. The van der Waals surface area contributed by atoms with Gasteiger partial charge >= 0.3 is 19.8 Å². The molecule has 0 fully saturated rings. The molecular weight excluding hydrogens is 750 g/mol. The maximum absolute atomic E-state index is 12.7. The Balaban J connectivity index is 4.25. The molecule has 0 rings (SSSR count). The molecule has 0 aromatic heterocycles. The molecule has 0 radical (unpaired) electrons. The summed E-state index contributed by atoms with van der Waals surface area (Å²) in [5.41, 5.74) is 0. The predicted molar refractivity (Wildman–Crippen MR) is 243 cm³/mol. The molecule has 2 atom stereocenters. The van der Waals surface area contributed by atoms with E-state index >= 15 is 0 Å². The van der Waals surface area contributed by atoms with Gasteiger partial charge in [-0.15, -0.1) is 0 Å². The molecule has 2 N–H and O–H groups in total. The summed E-state index contributed by atoms with van der Waals surface area (Å²) in [7, 11) is -2.67. The normalized spacial score (nSPS) is 13.7. The van der Waals surface area contributed by atoms with Crippen LogP contribution in [0.15, 0.2) is 48.6 Å². The highest BCUT2D eigenvalue weighted by atomic mass is 31.2. The van der Waals surface area contributed by atoms with Crippen molar-refractivity contribution >= 4 is 19.8 Å². The molecule has 0 aromatic rings. The average molecular weight is 838 g/mol. The van der Waals surface area contributed by atoms with E-state index in [1.54, 1.807) is 7.05 Å². The second-order valence-electron chi connectivity index (χ2n) is 15.6. The molecule has 0 spiro atoms. The first-order chi connectivity index (χ1) is 28.3. The molecule has 338 valence electrons. The largest absolute Gasteiger partial charge is 0.472 e. The van der Waals surface area contributed by atoms with Crippen LogP contribution in [-0.2, 0) is 32.7 Å². The summed E-state index contributed by atoms with van der Waals surface area (Å²) in [5.74, 6) is -0.867. The summed E-state index contributed by atoms with van der Waals surface area (Å²) in [6.07, 6.45) is 50.2. The van der Waals surface area contributed by atoms with E-state index in [-0.39, 0.29) is 26.1 Å². The van der Waals surface area contributed by atoms with Crippen LogP contribution in [0.3, 0.4) is 0 Å². The molecule has 0 heterocycles. The number of likely N-dealkylation sites (N-methyl/N-ethyl adjacent to an activating group) is 1. The number of carbonyl (C=O) groups is 2. The van der Waals surface area contributed by atoms with Crippen LogP contribution in [0.4, 0.5) is 0 Å². The van der Waals surface area contributed by atoms with Crippen LogP contribution in [-0.4, -0.2) is 56.3 Å². The number of rotatable bonds is 44. The molecule has 58 heavy (non-hydrogen) atoms. The van der Waals surface area contributed by atoms with Gasteiger partial charge in [0.15, 0.2) is 6.10 Å². The first kappa shape index (κ1) is 56.0. The molecule has 0 aliphatic rings. The lowest BCUT2D eigenvalue weighted by atomic mass is 10.1. The van der Waals surface area contributed by atoms with Gasteiger partial charge in [-0.1, -0.05) is 172 Å². The number of carbonyl (C=O) groups excluding carboxylic acids is 2. The molecule has 0 saturated carbocycles. The van der Waals surface area contributed by atoms with Gasteiger partial charge in [0.25, 0.3) is 0 Å². The number of hydrogen-bond acceptors (Lipinski definition) is 8. The molecule has 10 heteroatoms. The summed E-state index contributed by atoms with van der Waals surface area (Å²) in [4.78, 5) is 35.1. The highest BCUT2D eigenvalue weighted by Crippen LogP contribution is 2.43. The molecule has 2 unspecified atom stereocenters. The third-order valence-corrected chi connectivity index (χ3v) is 10.9. The number of unbranched alkanes of at least 4 members (excludes halogenated alkanes) is 22. The van der Waals surface area contributed by atoms with E-state index in [0.717, 1.165) is 44.9 Å². The Kier molecular flexibility index (Phi) is 43.0. The lowest BCUT2D eigenvalue weighted by Crippen LogP contribution is -2.29. The molecule has 0 saturated heterocycles. The summed E-state index contributed by atoms with van der Waals surface area (Å²) in [6.45, 7) is 4.17. The van der Waals surface area contributed by atoms with Crippen LogP contribution < -0.4 is 5.32 Å². The van der Waals surface area contributed by atoms with Crippen LogP contribution in [0.2, 0.25) is 0 Å². The Labute approximate surface area is 356 Å². The van der Waals surface area contributed by atoms with Crippen molar-refractivity contribution < 1.29 is 37.6 Å². The van der Waals surface area contributed by atoms with Gasteiger partial charge in [0, 0.05) is 19.4 Å². The van der Waals surface area contributed by atoms with Crippen molar-refractivity contribution in [3.05, 3.63) is 48.6 Å². The Morgan fingerprint density at radius 3 is 1.45 bits per heavy atom. The van der Waals surface area contributed by atoms with Gasteiger partial charge < -0.3 is 19.7 Å². The number of phosphoric acid groups is 1. The minimum Gasteiger partial charge on any atom is -0.462 e. The third kappa shape index (κ3) is 43.5. The van der Waals surface area contributed by atoms with Gasteiger partial charge in [-0.25, -0.2) is 4.57 Å². The quantitative estimate of drug-likeness (QED) is 0.0267. The fourth-order valence-corrected chi connectivity index (χ4v) is 7.08. The van der Waals surface area contributed by atoms with Crippen LogP contribution in [0, 0.1) is 0 Å². The van der Waals surface area contributed by atoms with Crippen LogP contribution in [0.1, 0.15) is 206 Å². The zero-order valence-electron chi connectivity index (χ0n) is 37.5. The maximum Gasteiger partial charge on any atom is 0.472 e. The number of hydrogen-bond donors (Lipinski definition) is 2. The SMILES string of the molecule is CCCCCCCC/C=C\C/C=C\C/C=C\CCCC(=O)OCC(COP(=O)(O)OCCNC)OC(=O)CCCCCCCCCCC/C=C\CCCCCCCC. The summed E-state index contributed by atoms with van der Waals surface area (Å²) in [5, 5.41) is 2.82. The van der Waals surface area contributed by atoms with E-state index < -0.39 is 32.5 Å². The van der Waals surface area contributed by atoms with Crippen molar-refractivity contribution in [3.63, 3.8) is 0 Å². The Bertz CT molecular complexity index is 1090. The van der Waals surface area contributed by atoms with Crippen molar-refractivity contribution in [1.82, 2.24) is 5.32 Å².